The first-order chi connectivity index (χ1) is 24.8. The maximum absolute atomic E-state index is 12.0. The SMILES string of the molecule is CCCCCCCCCCCCCCCCC/C=C/CCC/C=C1/OC(=O)C1CCC/C=C/CCCCCCCCCCCCCCCCC. The summed E-state index contributed by atoms with van der Waals surface area (Å²) in [6.07, 6.45) is 63.2. The van der Waals surface area contributed by atoms with Crippen molar-refractivity contribution >= 4 is 5.97 Å². The van der Waals surface area contributed by atoms with Crippen molar-refractivity contribution in [3.05, 3.63) is 36.1 Å². The zero-order valence-electron chi connectivity index (χ0n) is 34.2. The molecule has 0 aliphatic carbocycles. The lowest BCUT2D eigenvalue weighted by atomic mass is 9.94. The molecule has 1 unspecified atom stereocenters. The van der Waals surface area contributed by atoms with Gasteiger partial charge in [-0.15, -0.1) is 0 Å². The first kappa shape index (κ1) is 46.7. The van der Waals surface area contributed by atoms with Crippen LogP contribution in [0.2, 0.25) is 0 Å². The van der Waals surface area contributed by atoms with Gasteiger partial charge in [0.1, 0.15) is 11.7 Å². The van der Waals surface area contributed by atoms with Gasteiger partial charge in [-0.2, -0.15) is 0 Å². The van der Waals surface area contributed by atoms with Crippen LogP contribution in [0.5, 0.6) is 0 Å². The summed E-state index contributed by atoms with van der Waals surface area (Å²) < 4.78 is 5.38. The summed E-state index contributed by atoms with van der Waals surface area (Å²) in [6, 6.07) is 0. The molecule has 1 rings (SSSR count). The van der Waals surface area contributed by atoms with Crippen molar-refractivity contribution in [2.24, 2.45) is 5.92 Å². The minimum Gasteiger partial charge on any atom is -0.430 e. The molecule has 0 saturated carbocycles. The Hall–Kier alpha value is -1.31. The Morgan fingerprint density at radius 3 is 1.02 bits per heavy atom. The molecule has 2 heteroatoms. The molecule has 50 heavy (non-hydrogen) atoms. The van der Waals surface area contributed by atoms with Crippen LogP contribution in [-0.4, -0.2) is 5.97 Å². The van der Waals surface area contributed by atoms with Crippen LogP contribution in [0, 0.1) is 5.92 Å². The molecule has 0 radical (unpaired) electrons. The molecule has 0 spiro atoms. The summed E-state index contributed by atoms with van der Waals surface area (Å²) in [6.45, 7) is 4.59. The fourth-order valence-electron chi connectivity index (χ4n) is 7.42. The number of esters is 1. The number of hydrogen-bond acceptors (Lipinski definition) is 2. The Morgan fingerprint density at radius 2 is 0.680 bits per heavy atom. The van der Waals surface area contributed by atoms with Gasteiger partial charge in [0.25, 0.3) is 0 Å². The molecule has 1 saturated heterocycles. The van der Waals surface area contributed by atoms with Crippen molar-refractivity contribution in [2.75, 3.05) is 0 Å². The van der Waals surface area contributed by atoms with E-state index in [-0.39, 0.29) is 11.9 Å². The number of rotatable bonds is 40. The van der Waals surface area contributed by atoms with Crippen LogP contribution in [0.25, 0.3) is 0 Å². The van der Waals surface area contributed by atoms with Gasteiger partial charge in [-0.3, -0.25) is 4.79 Å². The van der Waals surface area contributed by atoms with Gasteiger partial charge in [0, 0.05) is 0 Å². The third kappa shape index (κ3) is 31.4. The van der Waals surface area contributed by atoms with E-state index in [0.717, 1.165) is 44.3 Å². The summed E-state index contributed by atoms with van der Waals surface area (Å²) in [7, 11) is 0. The summed E-state index contributed by atoms with van der Waals surface area (Å²) in [5.41, 5.74) is 0. The molecule has 0 amide bonds. The van der Waals surface area contributed by atoms with E-state index < -0.39 is 0 Å². The minimum atomic E-state index is -0.0126. The Morgan fingerprint density at radius 1 is 0.380 bits per heavy atom. The van der Waals surface area contributed by atoms with Gasteiger partial charge in [-0.05, 0) is 70.3 Å². The highest BCUT2D eigenvalue weighted by Gasteiger charge is 2.36. The molecule has 1 fully saturated rings. The first-order valence-electron chi connectivity index (χ1n) is 23.0. The Kier molecular flexibility index (Phi) is 36.4. The fourth-order valence-corrected chi connectivity index (χ4v) is 7.42. The third-order valence-electron chi connectivity index (χ3n) is 10.9. The predicted octanol–water partition coefficient (Wildman–Crippen LogP) is 17.0. The van der Waals surface area contributed by atoms with Gasteiger partial charge in [-0.1, -0.05) is 218 Å². The summed E-state index contributed by atoms with van der Waals surface area (Å²) in [5, 5.41) is 0. The van der Waals surface area contributed by atoms with Gasteiger partial charge >= 0.3 is 5.97 Å². The molecule has 0 aromatic carbocycles. The summed E-state index contributed by atoms with van der Waals surface area (Å²) >= 11 is 0. The first-order valence-corrected chi connectivity index (χ1v) is 23.0. The van der Waals surface area contributed by atoms with Gasteiger partial charge in [-0.25, -0.2) is 0 Å². The van der Waals surface area contributed by atoms with Crippen molar-refractivity contribution in [2.45, 2.75) is 258 Å². The second-order valence-corrected chi connectivity index (χ2v) is 15.9. The number of cyclic esters (lactones) is 1. The van der Waals surface area contributed by atoms with E-state index in [2.05, 4.69) is 44.2 Å². The van der Waals surface area contributed by atoms with Crippen molar-refractivity contribution in [3.8, 4) is 0 Å². The second-order valence-electron chi connectivity index (χ2n) is 15.9. The fraction of sp³-hybridized carbons (Fsp3) is 0.854. The average molecular weight is 697 g/mol. The van der Waals surface area contributed by atoms with Crippen molar-refractivity contribution in [3.63, 3.8) is 0 Å². The number of hydrogen-bond donors (Lipinski definition) is 0. The molecule has 1 atom stereocenters. The van der Waals surface area contributed by atoms with Crippen LogP contribution in [0.15, 0.2) is 36.1 Å². The van der Waals surface area contributed by atoms with Crippen LogP contribution in [0.4, 0.5) is 0 Å². The van der Waals surface area contributed by atoms with E-state index in [0.29, 0.717) is 0 Å². The monoisotopic (exact) mass is 697 g/mol. The van der Waals surface area contributed by atoms with Gasteiger partial charge in [0.15, 0.2) is 0 Å². The highest BCUT2D eigenvalue weighted by molar-refractivity contribution is 5.82. The van der Waals surface area contributed by atoms with E-state index >= 15 is 0 Å². The van der Waals surface area contributed by atoms with Crippen LogP contribution in [0.1, 0.15) is 258 Å². The number of allylic oxidation sites excluding steroid dienone is 5. The van der Waals surface area contributed by atoms with E-state index in [4.69, 9.17) is 4.74 Å². The lowest BCUT2D eigenvalue weighted by molar-refractivity contribution is -0.157. The lowest BCUT2D eigenvalue weighted by Gasteiger charge is -2.27. The molecular weight excluding hydrogens is 609 g/mol. The summed E-state index contributed by atoms with van der Waals surface area (Å²) in [4.78, 5) is 12.0. The van der Waals surface area contributed by atoms with E-state index in [9.17, 15) is 4.79 Å². The molecule has 0 aromatic heterocycles. The summed E-state index contributed by atoms with van der Waals surface area (Å²) in [5.74, 6) is 0.958. The Balaban J connectivity index is 1.84. The molecule has 0 bridgehead atoms. The van der Waals surface area contributed by atoms with E-state index in [1.165, 1.54) is 205 Å². The van der Waals surface area contributed by atoms with Crippen molar-refractivity contribution in [1.82, 2.24) is 0 Å². The van der Waals surface area contributed by atoms with Gasteiger partial charge < -0.3 is 4.74 Å². The second kappa shape index (κ2) is 38.9. The zero-order valence-corrected chi connectivity index (χ0v) is 34.2. The van der Waals surface area contributed by atoms with Crippen LogP contribution in [-0.2, 0) is 9.53 Å². The molecule has 0 N–H and O–H groups in total. The lowest BCUT2D eigenvalue weighted by Crippen LogP contribution is -2.32. The number of carbonyl (C=O) groups excluding carboxylic acids is 1. The smallest absolute Gasteiger partial charge is 0.321 e. The number of unbranched alkanes of at least 4 members (excludes halogenated alkanes) is 33. The van der Waals surface area contributed by atoms with Gasteiger partial charge in [0.05, 0.1) is 0 Å². The number of carbonyl (C=O) groups is 1. The average Bonchev–Trinajstić information content (AvgIpc) is 3.12. The largest absolute Gasteiger partial charge is 0.430 e. The topological polar surface area (TPSA) is 26.3 Å². The van der Waals surface area contributed by atoms with Crippen molar-refractivity contribution in [1.29, 1.82) is 0 Å². The molecule has 1 aliphatic heterocycles. The molecule has 1 heterocycles. The normalized spacial score (nSPS) is 15.5. The zero-order chi connectivity index (χ0) is 35.8. The highest BCUT2D eigenvalue weighted by Crippen LogP contribution is 2.31. The van der Waals surface area contributed by atoms with Crippen LogP contribution in [0.3, 0.4) is 0 Å². The molecule has 2 nitrogen and oxygen atoms in total. The maximum atomic E-state index is 12.0. The van der Waals surface area contributed by atoms with E-state index in [1.807, 2.05) is 0 Å². The number of ether oxygens (including phenoxy) is 1. The third-order valence-corrected chi connectivity index (χ3v) is 10.9. The van der Waals surface area contributed by atoms with E-state index in [1.54, 1.807) is 0 Å². The van der Waals surface area contributed by atoms with Crippen LogP contribution >= 0.6 is 0 Å². The molecule has 292 valence electrons. The molecular formula is C48H88O2. The minimum absolute atomic E-state index is 0.0126. The Bertz CT molecular complexity index is 792. The Labute approximate surface area is 314 Å². The molecule has 0 aromatic rings. The van der Waals surface area contributed by atoms with Crippen molar-refractivity contribution < 1.29 is 9.53 Å². The quantitative estimate of drug-likeness (QED) is 0.0362. The standard InChI is InChI=1S/C48H88O2/c1-3-5-7-9-11-13-15-17-19-21-23-25-27-29-31-33-35-37-39-41-43-45-47-46(48(49)50-47)44-42-40-38-36-34-32-30-28-26-24-22-20-18-16-14-12-10-8-6-4-2/h35-38,45-46H,3-34,39-44H2,1-2H3/b37-35+,38-36+,47-45+. The highest BCUT2D eigenvalue weighted by atomic mass is 16.6. The van der Waals surface area contributed by atoms with Gasteiger partial charge in [0.2, 0.25) is 0 Å². The maximum Gasteiger partial charge on any atom is 0.321 e. The molecule has 1 aliphatic rings. The predicted molar refractivity (Wildman–Crippen MR) is 223 cm³/mol. The van der Waals surface area contributed by atoms with Crippen LogP contribution < -0.4 is 0 Å².